The summed E-state index contributed by atoms with van der Waals surface area (Å²) in [7, 11) is -3.67. The number of hydrogen-bond donors (Lipinski definition) is 2. The molecule has 0 fully saturated rings. The van der Waals surface area contributed by atoms with Crippen LogP contribution in [-0.4, -0.2) is 31.0 Å². The van der Waals surface area contributed by atoms with Gasteiger partial charge in [0, 0.05) is 0 Å². The van der Waals surface area contributed by atoms with Gasteiger partial charge in [-0.1, -0.05) is 12.1 Å². The maximum absolute atomic E-state index is 10.9. The summed E-state index contributed by atoms with van der Waals surface area (Å²) in [5, 5.41) is 2.20. The quantitative estimate of drug-likeness (QED) is 0.496. The average Bonchev–Trinajstić information content (AvgIpc) is 2.41. The van der Waals surface area contributed by atoms with Crippen molar-refractivity contribution >= 4 is 21.9 Å². The first-order chi connectivity index (χ1) is 7.29. The summed E-state index contributed by atoms with van der Waals surface area (Å²) in [5.41, 5.74) is 0.940. The normalized spacial score (nSPS) is 13.6. The van der Waals surface area contributed by atoms with Gasteiger partial charge >= 0.3 is 0 Å². The average molecular weight is 243 g/mol. The lowest BCUT2D eigenvalue weighted by Gasteiger charge is -1.88. The zero-order valence-corrected chi connectivity index (χ0v) is 9.11. The number of imide groups is 1. The first-order valence-corrected chi connectivity index (χ1v) is 6.01. The van der Waals surface area contributed by atoms with E-state index in [2.05, 4.69) is 5.32 Å². The second-order valence-electron chi connectivity index (χ2n) is 3.06. The summed E-state index contributed by atoms with van der Waals surface area (Å²) in [4.78, 5) is 21.9. The molecule has 2 N–H and O–H groups in total. The molecule has 1 aromatic carbocycles. The molecular formula is C9H9NO5S. The van der Waals surface area contributed by atoms with E-state index in [9.17, 15) is 18.0 Å². The number of rotatable bonds is 0. The van der Waals surface area contributed by atoms with Crippen LogP contribution in [0.3, 0.4) is 0 Å². The Hall–Kier alpha value is -1.73. The fourth-order valence-electron chi connectivity index (χ4n) is 1.12. The van der Waals surface area contributed by atoms with E-state index in [1.807, 2.05) is 0 Å². The Morgan fingerprint density at radius 2 is 1.38 bits per heavy atom. The molecule has 0 saturated heterocycles. The van der Waals surface area contributed by atoms with E-state index >= 15 is 0 Å². The van der Waals surface area contributed by atoms with Gasteiger partial charge in [-0.25, -0.2) is 0 Å². The molecule has 0 bridgehead atoms. The number of fused-ring (bicyclic) bond motifs is 1. The van der Waals surface area contributed by atoms with E-state index in [-0.39, 0.29) is 11.8 Å². The number of benzene rings is 1. The fourth-order valence-corrected chi connectivity index (χ4v) is 1.12. The molecule has 0 spiro atoms. The van der Waals surface area contributed by atoms with Gasteiger partial charge in [0.05, 0.1) is 17.4 Å². The standard InChI is InChI=1S/C8H5NO2.CH4O3S/c10-7-5-3-1-2-4-6(5)8(11)9-7;1-5(2,3)4/h1-4H,(H,9,10,11);1H3,(H,2,3,4). The van der Waals surface area contributed by atoms with Crippen LogP contribution in [0, 0.1) is 0 Å². The van der Waals surface area contributed by atoms with Crippen molar-refractivity contribution in [3.05, 3.63) is 35.4 Å². The van der Waals surface area contributed by atoms with Crippen LogP contribution in [0.4, 0.5) is 0 Å². The van der Waals surface area contributed by atoms with Crippen molar-refractivity contribution in [3.63, 3.8) is 0 Å². The fraction of sp³-hybridized carbons (Fsp3) is 0.111. The molecule has 0 aromatic heterocycles. The molecule has 1 heterocycles. The molecule has 7 heteroatoms. The van der Waals surface area contributed by atoms with Crippen LogP contribution in [0.15, 0.2) is 24.3 Å². The third kappa shape index (κ3) is 3.44. The minimum absolute atomic E-state index is 0.300. The first-order valence-electron chi connectivity index (χ1n) is 4.16. The summed E-state index contributed by atoms with van der Waals surface area (Å²) in [6.07, 6.45) is 0.715. The number of carbonyl (C=O) groups excluding carboxylic acids is 2. The van der Waals surface area contributed by atoms with E-state index < -0.39 is 10.1 Å². The molecule has 1 aliphatic rings. The number of carbonyl (C=O) groups is 2. The van der Waals surface area contributed by atoms with E-state index in [0.717, 1.165) is 0 Å². The highest BCUT2D eigenvalue weighted by atomic mass is 32.2. The van der Waals surface area contributed by atoms with Crippen molar-refractivity contribution in [2.24, 2.45) is 0 Å². The lowest BCUT2D eigenvalue weighted by molar-refractivity contribution is 0.0879. The topological polar surface area (TPSA) is 101 Å². The zero-order chi connectivity index (χ0) is 12.3. The Kier molecular flexibility index (Phi) is 3.41. The predicted molar refractivity (Wildman–Crippen MR) is 55.7 cm³/mol. The van der Waals surface area contributed by atoms with Crippen LogP contribution in [-0.2, 0) is 10.1 Å². The van der Waals surface area contributed by atoms with Crippen molar-refractivity contribution in [1.82, 2.24) is 5.32 Å². The molecule has 6 nitrogen and oxygen atoms in total. The van der Waals surface area contributed by atoms with E-state index in [1.165, 1.54) is 0 Å². The summed E-state index contributed by atoms with van der Waals surface area (Å²) >= 11 is 0. The number of hydrogen-bond acceptors (Lipinski definition) is 4. The maximum Gasteiger partial charge on any atom is 0.261 e. The van der Waals surface area contributed by atoms with Gasteiger partial charge in [-0.3, -0.25) is 19.5 Å². The minimum Gasteiger partial charge on any atom is -0.288 e. The van der Waals surface area contributed by atoms with Crippen LogP contribution in [0.1, 0.15) is 20.7 Å². The Bertz CT molecular complexity index is 494. The number of amides is 2. The van der Waals surface area contributed by atoms with Gasteiger partial charge in [0.2, 0.25) is 0 Å². The van der Waals surface area contributed by atoms with Gasteiger partial charge in [0.25, 0.3) is 21.9 Å². The monoisotopic (exact) mass is 243 g/mol. The largest absolute Gasteiger partial charge is 0.288 e. The summed E-state index contributed by atoms with van der Waals surface area (Å²) < 4.78 is 25.9. The molecule has 2 amide bonds. The molecule has 0 unspecified atom stereocenters. The molecule has 0 saturated carbocycles. The molecular weight excluding hydrogens is 234 g/mol. The lowest BCUT2D eigenvalue weighted by atomic mass is 10.1. The van der Waals surface area contributed by atoms with Crippen LogP contribution in [0.5, 0.6) is 0 Å². The highest BCUT2D eigenvalue weighted by Crippen LogP contribution is 2.13. The van der Waals surface area contributed by atoms with Crippen molar-refractivity contribution in [1.29, 1.82) is 0 Å². The molecule has 1 aromatic rings. The van der Waals surface area contributed by atoms with Crippen LogP contribution in [0.2, 0.25) is 0 Å². The lowest BCUT2D eigenvalue weighted by Crippen LogP contribution is -2.19. The van der Waals surface area contributed by atoms with Crippen molar-refractivity contribution in [2.45, 2.75) is 0 Å². The second-order valence-corrected chi connectivity index (χ2v) is 4.53. The molecule has 86 valence electrons. The molecule has 16 heavy (non-hydrogen) atoms. The Morgan fingerprint density at radius 1 is 1.06 bits per heavy atom. The molecule has 2 rings (SSSR count). The Balaban J connectivity index is 0.000000221. The predicted octanol–water partition coefficient (Wildman–Crippen LogP) is 0.0742. The third-order valence-corrected chi connectivity index (χ3v) is 1.64. The van der Waals surface area contributed by atoms with Crippen molar-refractivity contribution in [3.8, 4) is 0 Å². The van der Waals surface area contributed by atoms with Gasteiger partial charge in [0.15, 0.2) is 0 Å². The SMILES string of the molecule is CS(=O)(=O)O.O=C1NC(=O)c2ccccc21. The highest BCUT2D eigenvalue weighted by molar-refractivity contribution is 7.85. The Labute approximate surface area is 92.0 Å². The van der Waals surface area contributed by atoms with Crippen LogP contribution in [0.25, 0.3) is 0 Å². The number of nitrogens with one attached hydrogen (secondary N) is 1. The minimum atomic E-state index is -3.67. The maximum atomic E-state index is 10.9. The van der Waals surface area contributed by atoms with E-state index in [1.54, 1.807) is 24.3 Å². The third-order valence-electron chi connectivity index (χ3n) is 1.64. The molecule has 1 aliphatic heterocycles. The van der Waals surface area contributed by atoms with Crippen molar-refractivity contribution in [2.75, 3.05) is 6.26 Å². The van der Waals surface area contributed by atoms with Gasteiger partial charge in [-0.05, 0) is 12.1 Å². The smallest absolute Gasteiger partial charge is 0.261 e. The van der Waals surface area contributed by atoms with E-state index in [4.69, 9.17) is 4.55 Å². The van der Waals surface area contributed by atoms with E-state index in [0.29, 0.717) is 17.4 Å². The summed E-state index contributed by atoms with van der Waals surface area (Å²) in [5.74, 6) is -0.601. The molecule has 0 aliphatic carbocycles. The summed E-state index contributed by atoms with van der Waals surface area (Å²) in [6.45, 7) is 0. The van der Waals surface area contributed by atoms with Gasteiger partial charge in [-0.15, -0.1) is 0 Å². The molecule has 0 radical (unpaired) electrons. The Morgan fingerprint density at radius 3 is 1.69 bits per heavy atom. The van der Waals surface area contributed by atoms with Gasteiger partial charge < -0.3 is 0 Å². The zero-order valence-electron chi connectivity index (χ0n) is 8.30. The summed E-state index contributed by atoms with van der Waals surface area (Å²) in [6, 6.07) is 6.74. The second kappa shape index (κ2) is 4.42. The first kappa shape index (κ1) is 12.3. The van der Waals surface area contributed by atoms with Gasteiger partial charge in [0.1, 0.15) is 0 Å². The van der Waals surface area contributed by atoms with Crippen LogP contribution >= 0.6 is 0 Å². The highest BCUT2D eigenvalue weighted by Gasteiger charge is 2.25. The van der Waals surface area contributed by atoms with Crippen molar-refractivity contribution < 1.29 is 22.6 Å². The van der Waals surface area contributed by atoms with Gasteiger partial charge in [-0.2, -0.15) is 8.42 Å². The van der Waals surface area contributed by atoms with Crippen LogP contribution < -0.4 is 5.32 Å². The molecule has 0 atom stereocenters.